The third-order valence-corrected chi connectivity index (χ3v) is 9.22. The number of H-pyrrole nitrogens is 2. The van der Waals surface area contributed by atoms with Crippen molar-refractivity contribution in [2.45, 2.75) is 32.1 Å². The van der Waals surface area contributed by atoms with E-state index in [0.29, 0.717) is 23.7 Å². The van der Waals surface area contributed by atoms with E-state index in [9.17, 15) is 9.18 Å². The van der Waals surface area contributed by atoms with Gasteiger partial charge in [0.05, 0.1) is 23.1 Å². The molecule has 46 heavy (non-hydrogen) atoms. The number of amides is 1. The standard InChI is InChI=1S/C36H34FN7O2/c37-26-14-24(16-28(18-26)46-13-12-44-10-1-2-11-44)29-8-9-39-35-30(29)19-33(41-35)34-31-17-23(6-7-32(31)42-43-34)25-15-27(21-38-20-25)40-36(45)22-4-3-5-22/h6-9,14-22H,1-5,10-13H2,(H,39,41)(H,40,45)(H,42,43). The van der Waals surface area contributed by atoms with Gasteiger partial charge in [-0.05, 0) is 97.9 Å². The van der Waals surface area contributed by atoms with Crippen molar-refractivity contribution in [2.24, 2.45) is 5.92 Å². The number of hydrogen-bond acceptors (Lipinski definition) is 6. The van der Waals surface area contributed by atoms with Gasteiger partial charge in [-0.15, -0.1) is 0 Å². The molecule has 2 aliphatic rings. The molecule has 0 spiro atoms. The van der Waals surface area contributed by atoms with E-state index in [0.717, 1.165) is 88.8 Å². The number of benzene rings is 2. The number of nitrogens with one attached hydrogen (secondary N) is 3. The van der Waals surface area contributed by atoms with Gasteiger partial charge in [-0.3, -0.25) is 19.8 Å². The number of fused-ring (bicyclic) bond motifs is 2. The zero-order chi connectivity index (χ0) is 31.0. The van der Waals surface area contributed by atoms with Gasteiger partial charge in [-0.1, -0.05) is 12.5 Å². The smallest absolute Gasteiger partial charge is 0.227 e. The Kier molecular flexibility index (Phi) is 7.42. The molecule has 6 aromatic rings. The van der Waals surface area contributed by atoms with Crippen molar-refractivity contribution in [2.75, 3.05) is 31.6 Å². The lowest BCUT2D eigenvalue weighted by Gasteiger charge is -2.24. The summed E-state index contributed by atoms with van der Waals surface area (Å²) in [6, 6.07) is 16.8. The number of aromatic amines is 2. The maximum Gasteiger partial charge on any atom is 0.227 e. The van der Waals surface area contributed by atoms with Crippen LogP contribution in [0, 0.1) is 11.7 Å². The third kappa shape index (κ3) is 5.60. The van der Waals surface area contributed by atoms with E-state index in [4.69, 9.17) is 4.74 Å². The van der Waals surface area contributed by atoms with Crippen LogP contribution in [0.2, 0.25) is 0 Å². The number of aromatic nitrogens is 5. The van der Waals surface area contributed by atoms with Crippen molar-refractivity contribution in [3.8, 4) is 39.4 Å². The van der Waals surface area contributed by atoms with Gasteiger partial charge < -0.3 is 15.0 Å². The molecule has 10 heteroatoms. The normalized spacial score (nSPS) is 15.4. The van der Waals surface area contributed by atoms with E-state index in [2.05, 4.69) is 41.4 Å². The quantitative estimate of drug-likeness (QED) is 0.159. The van der Waals surface area contributed by atoms with Crippen molar-refractivity contribution in [1.29, 1.82) is 0 Å². The predicted octanol–water partition coefficient (Wildman–Crippen LogP) is 7.19. The maximum absolute atomic E-state index is 14.8. The van der Waals surface area contributed by atoms with Crippen molar-refractivity contribution >= 4 is 33.5 Å². The fraction of sp³-hybridized carbons (Fsp3) is 0.278. The number of rotatable bonds is 9. The Hall–Kier alpha value is -5.09. The number of carbonyl (C=O) groups is 1. The number of pyridine rings is 2. The molecule has 1 aliphatic heterocycles. The first-order valence-electron chi connectivity index (χ1n) is 16.0. The van der Waals surface area contributed by atoms with Crippen molar-refractivity contribution < 1.29 is 13.9 Å². The molecule has 1 saturated carbocycles. The molecule has 1 aliphatic carbocycles. The molecule has 3 N–H and O–H groups in total. The minimum absolute atomic E-state index is 0.0593. The molecule has 1 amide bonds. The second-order valence-corrected chi connectivity index (χ2v) is 12.3. The lowest BCUT2D eigenvalue weighted by atomic mass is 9.85. The molecule has 0 atom stereocenters. The predicted molar refractivity (Wildman–Crippen MR) is 177 cm³/mol. The number of anilines is 1. The fourth-order valence-electron chi connectivity index (χ4n) is 6.49. The van der Waals surface area contributed by atoms with E-state index < -0.39 is 0 Å². The highest BCUT2D eigenvalue weighted by Gasteiger charge is 2.25. The number of likely N-dealkylation sites (tertiary alicyclic amines) is 1. The molecule has 9 nitrogen and oxygen atoms in total. The first kappa shape index (κ1) is 28.4. The Balaban J connectivity index is 1.09. The molecule has 8 rings (SSSR count). The molecule has 1 saturated heterocycles. The zero-order valence-corrected chi connectivity index (χ0v) is 25.4. The molecular formula is C36H34FN7O2. The lowest BCUT2D eigenvalue weighted by Crippen LogP contribution is -2.28. The topological polar surface area (TPSA) is 112 Å². The molecule has 232 valence electrons. The summed E-state index contributed by atoms with van der Waals surface area (Å²) in [7, 11) is 0. The van der Waals surface area contributed by atoms with Crippen molar-refractivity contribution in [3.05, 3.63) is 79.0 Å². The van der Waals surface area contributed by atoms with Crippen molar-refractivity contribution in [1.82, 2.24) is 30.0 Å². The minimum atomic E-state index is -0.346. The van der Waals surface area contributed by atoms with E-state index >= 15 is 0 Å². The summed E-state index contributed by atoms with van der Waals surface area (Å²) in [6.45, 7) is 3.55. The van der Waals surface area contributed by atoms with Gasteiger partial charge in [0.25, 0.3) is 0 Å². The largest absolute Gasteiger partial charge is 0.492 e. The van der Waals surface area contributed by atoms with Gasteiger partial charge in [0.15, 0.2) is 0 Å². The van der Waals surface area contributed by atoms with Crippen LogP contribution in [0.15, 0.2) is 73.2 Å². The summed E-state index contributed by atoms with van der Waals surface area (Å²) in [5, 5.41) is 12.6. The van der Waals surface area contributed by atoms with E-state index in [1.807, 2.05) is 36.4 Å². The number of hydrogen-bond donors (Lipinski definition) is 3. The Morgan fingerprint density at radius 2 is 1.85 bits per heavy atom. The molecule has 0 unspecified atom stereocenters. The van der Waals surface area contributed by atoms with Crippen LogP contribution in [-0.2, 0) is 4.79 Å². The summed E-state index contributed by atoms with van der Waals surface area (Å²) in [5.74, 6) is 0.327. The van der Waals surface area contributed by atoms with Crippen LogP contribution in [0.1, 0.15) is 32.1 Å². The molecule has 4 aromatic heterocycles. The van der Waals surface area contributed by atoms with Gasteiger partial charge in [-0.2, -0.15) is 5.10 Å². The van der Waals surface area contributed by atoms with E-state index in [1.54, 1.807) is 18.6 Å². The number of carbonyl (C=O) groups excluding carboxylic acids is 1. The first-order valence-corrected chi connectivity index (χ1v) is 16.0. The van der Waals surface area contributed by atoms with Gasteiger partial charge in [0.2, 0.25) is 5.91 Å². The summed E-state index contributed by atoms with van der Waals surface area (Å²) in [6.07, 6.45) is 10.6. The number of ether oxygens (including phenoxy) is 1. The average molecular weight is 616 g/mol. The minimum Gasteiger partial charge on any atom is -0.492 e. The van der Waals surface area contributed by atoms with Gasteiger partial charge in [-0.25, -0.2) is 9.37 Å². The Morgan fingerprint density at radius 3 is 2.70 bits per heavy atom. The molecule has 2 fully saturated rings. The molecule has 2 aromatic carbocycles. The Morgan fingerprint density at radius 1 is 0.957 bits per heavy atom. The van der Waals surface area contributed by atoms with E-state index in [-0.39, 0.29) is 17.6 Å². The summed E-state index contributed by atoms with van der Waals surface area (Å²) in [4.78, 5) is 27.3. The van der Waals surface area contributed by atoms with Gasteiger partial charge in [0, 0.05) is 47.3 Å². The third-order valence-electron chi connectivity index (χ3n) is 9.22. The van der Waals surface area contributed by atoms with Crippen LogP contribution >= 0.6 is 0 Å². The number of halogens is 1. The summed E-state index contributed by atoms with van der Waals surface area (Å²) < 4.78 is 20.8. The lowest BCUT2D eigenvalue weighted by molar-refractivity contribution is -0.122. The number of nitrogens with zero attached hydrogens (tertiary/aromatic N) is 4. The van der Waals surface area contributed by atoms with Gasteiger partial charge in [0.1, 0.15) is 29.5 Å². The SMILES string of the molecule is O=C(Nc1cncc(-c2ccc3[nH]nc(-c4cc5c(-c6cc(F)cc(OCCN7CCCC7)c6)ccnc5[nH]4)c3c2)c1)C1CCC1. The maximum atomic E-state index is 14.8. The summed E-state index contributed by atoms with van der Waals surface area (Å²) in [5.41, 5.74) is 7.20. The monoisotopic (exact) mass is 615 g/mol. The van der Waals surface area contributed by atoms with Gasteiger partial charge >= 0.3 is 0 Å². The van der Waals surface area contributed by atoms with Crippen molar-refractivity contribution in [3.63, 3.8) is 0 Å². The second-order valence-electron chi connectivity index (χ2n) is 12.3. The summed E-state index contributed by atoms with van der Waals surface area (Å²) >= 11 is 0. The molecule has 5 heterocycles. The molecule has 0 radical (unpaired) electrons. The van der Waals surface area contributed by atoms with E-state index in [1.165, 1.54) is 25.0 Å². The Labute approximate surface area is 265 Å². The second kappa shape index (κ2) is 12.0. The van der Waals surface area contributed by atoms with Crippen LogP contribution in [0.5, 0.6) is 5.75 Å². The van der Waals surface area contributed by atoms with Crippen LogP contribution in [-0.4, -0.2) is 62.2 Å². The fourth-order valence-corrected chi connectivity index (χ4v) is 6.49. The zero-order valence-electron chi connectivity index (χ0n) is 25.4. The highest BCUT2D eigenvalue weighted by Crippen LogP contribution is 2.36. The van der Waals surface area contributed by atoms with Crippen LogP contribution in [0.4, 0.5) is 10.1 Å². The average Bonchev–Trinajstić information content (AvgIpc) is 3.79. The van der Waals surface area contributed by atoms with Crippen LogP contribution < -0.4 is 10.1 Å². The Bertz CT molecular complexity index is 2060. The highest BCUT2D eigenvalue weighted by molar-refractivity contribution is 6.01. The van der Waals surface area contributed by atoms with Crippen LogP contribution in [0.25, 0.3) is 55.6 Å². The highest BCUT2D eigenvalue weighted by atomic mass is 19.1. The first-order chi connectivity index (χ1) is 22.6. The molecule has 0 bridgehead atoms. The van der Waals surface area contributed by atoms with Crippen LogP contribution in [0.3, 0.4) is 0 Å². The molecular weight excluding hydrogens is 581 g/mol.